The van der Waals surface area contributed by atoms with Crippen molar-refractivity contribution in [3.8, 4) is 5.88 Å². The molecule has 1 aliphatic heterocycles. The minimum absolute atomic E-state index is 0.0485. The van der Waals surface area contributed by atoms with Crippen molar-refractivity contribution in [1.29, 1.82) is 0 Å². The van der Waals surface area contributed by atoms with E-state index in [9.17, 15) is 4.79 Å². The number of hydrogen-bond donors (Lipinski definition) is 2. The highest BCUT2D eigenvalue weighted by molar-refractivity contribution is 6.07. The van der Waals surface area contributed by atoms with Gasteiger partial charge in [0.15, 0.2) is 0 Å². The molecule has 2 aromatic heterocycles. The number of pyridine rings is 2. The van der Waals surface area contributed by atoms with Crippen LogP contribution in [-0.4, -0.2) is 40.0 Å². The maximum absolute atomic E-state index is 13.2. The highest BCUT2D eigenvalue weighted by atomic mass is 16.5. The van der Waals surface area contributed by atoms with Gasteiger partial charge in [0.05, 0.1) is 11.6 Å². The number of likely N-dealkylation sites (tertiary alicyclic amines) is 1. The first kappa shape index (κ1) is 30.0. The topological polar surface area (TPSA) is 79.4 Å². The molecule has 7 nitrogen and oxygen atoms in total. The molecule has 3 aromatic carbocycles. The third-order valence-corrected chi connectivity index (χ3v) is 8.08. The van der Waals surface area contributed by atoms with E-state index in [4.69, 9.17) is 4.74 Å². The number of carbonyl (C=O) groups is 1. The number of nitrogens with zero attached hydrogens (tertiary/aromatic N) is 3. The van der Waals surface area contributed by atoms with Crippen LogP contribution in [0, 0.1) is 0 Å². The second kappa shape index (κ2) is 13.3. The first-order chi connectivity index (χ1) is 21.8. The molecular weight excluding hydrogens is 558 g/mol. The van der Waals surface area contributed by atoms with E-state index in [1.54, 1.807) is 24.5 Å². The Balaban J connectivity index is 1.06. The lowest BCUT2D eigenvalue weighted by atomic mass is 9.87. The first-order valence-corrected chi connectivity index (χ1v) is 15.4. The van der Waals surface area contributed by atoms with Gasteiger partial charge in [-0.2, -0.15) is 0 Å². The van der Waals surface area contributed by atoms with Gasteiger partial charge in [0, 0.05) is 43.8 Å². The normalized spacial score (nSPS) is 13.7. The zero-order valence-electron chi connectivity index (χ0n) is 26.0. The average Bonchev–Trinajstić information content (AvgIpc) is 3.04. The Morgan fingerprint density at radius 1 is 0.844 bits per heavy atom. The smallest absolute Gasteiger partial charge is 0.259 e. The first-order valence-electron chi connectivity index (χ1n) is 15.4. The fourth-order valence-corrected chi connectivity index (χ4v) is 5.60. The van der Waals surface area contributed by atoms with Gasteiger partial charge in [-0.05, 0) is 58.0 Å². The second-order valence-electron chi connectivity index (χ2n) is 12.5. The molecule has 228 valence electrons. The Morgan fingerprint density at radius 3 is 2.16 bits per heavy atom. The van der Waals surface area contributed by atoms with Gasteiger partial charge in [-0.1, -0.05) is 93.6 Å². The summed E-state index contributed by atoms with van der Waals surface area (Å²) in [4.78, 5) is 24.5. The number of hydrogen-bond acceptors (Lipinski definition) is 6. The van der Waals surface area contributed by atoms with Crippen LogP contribution >= 0.6 is 0 Å². The summed E-state index contributed by atoms with van der Waals surface area (Å²) in [6.07, 6.45) is 3.49. The summed E-state index contributed by atoms with van der Waals surface area (Å²) in [6, 6.07) is 36.8. The van der Waals surface area contributed by atoms with Crippen LogP contribution in [0.5, 0.6) is 5.88 Å². The van der Waals surface area contributed by atoms with Crippen LogP contribution < -0.4 is 15.4 Å². The number of nitrogens with one attached hydrogen (secondary N) is 2. The van der Waals surface area contributed by atoms with Crippen molar-refractivity contribution in [3.05, 3.63) is 149 Å². The predicted octanol–water partition coefficient (Wildman–Crippen LogP) is 7.49. The Bertz CT molecular complexity index is 1670. The molecule has 1 aliphatic rings. The SMILES string of the molecule is CC(C)(C)c1ccc(NC(=O)c2cccnc2NCc2ccnc(OC3CN(C(c4ccccc4)c4ccccc4)C3)c2)cc1. The number of ether oxygens (including phenoxy) is 1. The molecule has 7 heteroatoms. The number of anilines is 2. The minimum atomic E-state index is -0.216. The number of amides is 1. The van der Waals surface area contributed by atoms with E-state index in [2.05, 4.69) is 107 Å². The van der Waals surface area contributed by atoms with Crippen LogP contribution in [0.1, 0.15) is 59.4 Å². The Kier molecular flexibility index (Phi) is 8.89. The van der Waals surface area contributed by atoms with Crippen molar-refractivity contribution < 1.29 is 9.53 Å². The van der Waals surface area contributed by atoms with Crippen LogP contribution in [0.15, 0.2) is 122 Å². The van der Waals surface area contributed by atoms with E-state index >= 15 is 0 Å². The predicted molar refractivity (Wildman–Crippen MR) is 180 cm³/mol. The summed E-state index contributed by atoms with van der Waals surface area (Å²) in [5.41, 5.74) is 6.01. The molecule has 1 fully saturated rings. The Hall–Kier alpha value is -5.01. The van der Waals surface area contributed by atoms with E-state index < -0.39 is 0 Å². The maximum atomic E-state index is 13.2. The summed E-state index contributed by atoms with van der Waals surface area (Å²) >= 11 is 0. The maximum Gasteiger partial charge on any atom is 0.259 e. The van der Waals surface area contributed by atoms with E-state index in [0.29, 0.717) is 23.8 Å². The van der Waals surface area contributed by atoms with E-state index in [1.807, 2.05) is 36.4 Å². The summed E-state index contributed by atoms with van der Waals surface area (Å²) in [6.45, 7) is 8.59. The highest BCUT2D eigenvalue weighted by Crippen LogP contribution is 2.33. The number of rotatable bonds is 10. The van der Waals surface area contributed by atoms with Crippen LogP contribution in [-0.2, 0) is 12.0 Å². The zero-order valence-corrected chi connectivity index (χ0v) is 26.0. The molecule has 0 atom stereocenters. The summed E-state index contributed by atoms with van der Waals surface area (Å²) in [7, 11) is 0. The van der Waals surface area contributed by atoms with Gasteiger partial charge in [-0.15, -0.1) is 0 Å². The summed E-state index contributed by atoms with van der Waals surface area (Å²) < 4.78 is 6.29. The molecule has 0 spiro atoms. The molecule has 5 aromatic rings. The van der Waals surface area contributed by atoms with Crippen molar-refractivity contribution in [2.24, 2.45) is 0 Å². The number of benzene rings is 3. The summed E-state index contributed by atoms with van der Waals surface area (Å²) in [5.74, 6) is 0.891. The molecular formula is C38H39N5O2. The van der Waals surface area contributed by atoms with Gasteiger partial charge in [-0.25, -0.2) is 9.97 Å². The third kappa shape index (κ3) is 7.39. The van der Waals surface area contributed by atoms with Crippen LogP contribution in [0.25, 0.3) is 0 Å². The molecule has 0 bridgehead atoms. The lowest BCUT2D eigenvalue weighted by molar-refractivity contribution is -0.00218. The van der Waals surface area contributed by atoms with Gasteiger partial charge in [0.25, 0.3) is 5.91 Å². The van der Waals surface area contributed by atoms with Crippen LogP contribution in [0.2, 0.25) is 0 Å². The monoisotopic (exact) mass is 597 g/mol. The molecule has 6 rings (SSSR count). The van der Waals surface area contributed by atoms with E-state index in [-0.39, 0.29) is 23.5 Å². The molecule has 1 amide bonds. The van der Waals surface area contributed by atoms with Gasteiger partial charge in [0.2, 0.25) is 5.88 Å². The molecule has 3 heterocycles. The van der Waals surface area contributed by atoms with E-state index in [1.165, 1.54) is 16.7 Å². The quantitative estimate of drug-likeness (QED) is 0.174. The molecule has 2 N–H and O–H groups in total. The average molecular weight is 598 g/mol. The van der Waals surface area contributed by atoms with Crippen molar-refractivity contribution in [2.75, 3.05) is 23.7 Å². The molecule has 0 unspecified atom stereocenters. The van der Waals surface area contributed by atoms with Gasteiger partial charge < -0.3 is 15.4 Å². The number of aromatic nitrogens is 2. The molecule has 45 heavy (non-hydrogen) atoms. The largest absolute Gasteiger partial charge is 0.472 e. The molecule has 0 radical (unpaired) electrons. The van der Waals surface area contributed by atoms with Crippen LogP contribution in [0.4, 0.5) is 11.5 Å². The Labute approximate surface area is 265 Å². The van der Waals surface area contributed by atoms with Crippen molar-refractivity contribution in [3.63, 3.8) is 0 Å². The van der Waals surface area contributed by atoms with Crippen molar-refractivity contribution in [2.45, 2.75) is 44.9 Å². The standard InChI is InChI=1S/C38H39N5O2/c1-38(2,3)30-16-18-31(19-17-30)42-37(44)33-15-10-21-40-36(33)41-24-27-20-22-39-34(23-27)45-32-25-43(26-32)35(28-11-6-4-7-12-28)29-13-8-5-9-14-29/h4-23,32,35H,24-26H2,1-3H3,(H,40,41)(H,42,44). The van der Waals surface area contributed by atoms with Gasteiger partial charge in [-0.3, -0.25) is 9.69 Å². The fourth-order valence-electron chi connectivity index (χ4n) is 5.60. The fraction of sp³-hybridized carbons (Fsp3) is 0.237. The lowest BCUT2D eigenvalue weighted by Crippen LogP contribution is -2.55. The third-order valence-electron chi connectivity index (χ3n) is 8.08. The van der Waals surface area contributed by atoms with Gasteiger partial charge >= 0.3 is 0 Å². The van der Waals surface area contributed by atoms with Crippen LogP contribution in [0.3, 0.4) is 0 Å². The number of carbonyl (C=O) groups excluding carboxylic acids is 1. The molecule has 1 saturated heterocycles. The molecule has 0 aliphatic carbocycles. The van der Waals surface area contributed by atoms with Crippen molar-refractivity contribution >= 4 is 17.4 Å². The van der Waals surface area contributed by atoms with Gasteiger partial charge in [0.1, 0.15) is 11.9 Å². The minimum Gasteiger partial charge on any atom is -0.472 e. The second-order valence-corrected chi connectivity index (χ2v) is 12.5. The molecule has 0 saturated carbocycles. The van der Waals surface area contributed by atoms with Crippen molar-refractivity contribution in [1.82, 2.24) is 14.9 Å². The lowest BCUT2D eigenvalue weighted by Gasteiger charge is -2.44. The highest BCUT2D eigenvalue weighted by Gasteiger charge is 2.35. The zero-order chi connectivity index (χ0) is 31.2. The summed E-state index contributed by atoms with van der Waals surface area (Å²) in [5, 5.41) is 6.33. The van der Waals surface area contributed by atoms with E-state index in [0.717, 1.165) is 24.3 Å². The Morgan fingerprint density at radius 2 is 1.51 bits per heavy atom.